The van der Waals surface area contributed by atoms with Crippen molar-refractivity contribution in [2.75, 3.05) is 24.6 Å². The fourth-order valence-electron chi connectivity index (χ4n) is 6.91. The zero-order valence-corrected chi connectivity index (χ0v) is 31.9. The lowest BCUT2D eigenvalue weighted by Crippen LogP contribution is -2.23. The van der Waals surface area contributed by atoms with Crippen LogP contribution >= 0.6 is 0 Å². The molecule has 2 heteroatoms. The van der Waals surface area contributed by atoms with Crippen LogP contribution in [0.3, 0.4) is 0 Å². The minimum Gasteiger partial charge on any atom is -0.494 e. The molecule has 0 saturated heterocycles. The van der Waals surface area contributed by atoms with Crippen molar-refractivity contribution in [2.45, 2.75) is 226 Å². The van der Waals surface area contributed by atoms with E-state index >= 15 is 0 Å². The van der Waals surface area contributed by atoms with Crippen LogP contribution in [0.25, 0.3) is 0 Å². The first-order valence-corrected chi connectivity index (χ1v) is 21.3. The molecule has 0 aliphatic rings. The molecule has 0 saturated carbocycles. The standard InChI is InChI=1S/C44H83NO/c1-4-7-9-11-13-15-17-19-21-23-25-27-29-31-33-35-41-45(6-3)43-37-39-44(40-38-43)46-42-36-34-32-30-28-26-24-22-20-18-16-14-12-10-8-5-2/h37-40H,4-36,41-42H2,1-3H3. The first kappa shape index (κ1) is 42.8. The van der Waals surface area contributed by atoms with E-state index in [4.69, 9.17) is 4.74 Å². The highest BCUT2D eigenvalue weighted by atomic mass is 16.5. The van der Waals surface area contributed by atoms with Gasteiger partial charge in [-0.15, -0.1) is 0 Å². The molecule has 0 fully saturated rings. The molecule has 0 heterocycles. The lowest BCUT2D eigenvalue weighted by molar-refractivity contribution is 0.304. The summed E-state index contributed by atoms with van der Waals surface area (Å²) in [6, 6.07) is 8.88. The average molecular weight is 642 g/mol. The van der Waals surface area contributed by atoms with Crippen molar-refractivity contribution < 1.29 is 4.74 Å². The Morgan fingerprint density at radius 3 is 1.00 bits per heavy atom. The highest BCUT2D eigenvalue weighted by Crippen LogP contribution is 2.21. The van der Waals surface area contributed by atoms with Crippen LogP contribution in [-0.4, -0.2) is 19.7 Å². The Bertz CT molecular complexity index is 700. The van der Waals surface area contributed by atoms with Crippen molar-refractivity contribution in [2.24, 2.45) is 0 Å². The summed E-state index contributed by atoms with van der Waals surface area (Å²) in [4.78, 5) is 2.53. The Balaban J connectivity index is 1.91. The molecule has 2 nitrogen and oxygen atoms in total. The number of anilines is 1. The van der Waals surface area contributed by atoms with Crippen LogP contribution in [0.2, 0.25) is 0 Å². The van der Waals surface area contributed by atoms with E-state index in [1.54, 1.807) is 0 Å². The Morgan fingerprint density at radius 1 is 0.370 bits per heavy atom. The maximum atomic E-state index is 6.07. The second kappa shape index (κ2) is 35.1. The maximum absolute atomic E-state index is 6.07. The van der Waals surface area contributed by atoms with Crippen LogP contribution < -0.4 is 9.64 Å². The maximum Gasteiger partial charge on any atom is 0.119 e. The first-order valence-electron chi connectivity index (χ1n) is 21.3. The average Bonchev–Trinajstić information content (AvgIpc) is 3.08. The van der Waals surface area contributed by atoms with Crippen LogP contribution in [0.5, 0.6) is 5.75 Å². The summed E-state index contributed by atoms with van der Waals surface area (Å²) < 4.78 is 6.07. The largest absolute Gasteiger partial charge is 0.494 e. The van der Waals surface area contributed by atoms with E-state index in [0.29, 0.717) is 0 Å². The van der Waals surface area contributed by atoms with Gasteiger partial charge < -0.3 is 9.64 Å². The van der Waals surface area contributed by atoms with E-state index in [1.807, 2.05) is 0 Å². The van der Waals surface area contributed by atoms with E-state index in [1.165, 1.54) is 218 Å². The van der Waals surface area contributed by atoms with E-state index < -0.39 is 0 Å². The van der Waals surface area contributed by atoms with Crippen molar-refractivity contribution in [3.8, 4) is 5.75 Å². The summed E-state index contributed by atoms with van der Waals surface area (Å²) in [5.41, 5.74) is 1.35. The Hall–Kier alpha value is -1.18. The number of unbranched alkanes of at least 4 members (excludes halogenated alkanes) is 30. The summed E-state index contributed by atoms with van der Waals surface area (Å²) >= 11 is 0. The smallest absolute Gasteiger partial charge is 0.119 e. The van der Waals surface area contributed by atoms with Gasteiger partial charge in [0.1, 0.15) is 5.75 Å². The predicted octanol–water partition coefficient (Wildman–Crippen LogP) is 15.4. The quantitative estimate of drug-likeness (QED) is 0.0670. The van der Waals surface area contributed by atoms with E-state index in [-0.39, 0.29) is 0 Å². The Labute approximate surface area is 290 Å². The van der Waals surface area contributed by atoms with Gasteiger partial charge in [0, 0.05) is 18.8 Å². The molecule has 1 rings (SSSR count). The monoisotopic (exact) mass is 642 g/mol. The van der Waals surface area contributed by atoms with Gasteiger partial charge in [0.15, 0.2) is 0 Å². The molecule has 0 amide bonds. The van der Waals surface area contributed by atoms with Gasteiger partial charge in [-0.2, -0.15) is 0 Å². The van der Waals surface area contributed by atoms with Crippen molar-refractivity contribution in [3.63, 3.8) is 0 Å². The van der Waals surface area contributed by atoms with Gasteiger partial charge in [-0.1, -0.05) is 206 Å². The number of nitrogens with zero attached hydrogens (tertiary/aromatic N) is 1. The zero-order valence-electron chi connectivity index (χ0n) is 31.9. The second-order valence-corrected chi connectivity index (χ2v) is 14.5. The third-order valence-electron chi connectivity index (χ3n) is 10.1. The van der Waals surface area contributed by atoms with Crippen LogP contribution in [0.1, 0.15) is 226 Å². The van der Waals surface area contributed by atoms with Gasteiger partial charge in [0.2, 0.25) is 0 Å². The van der Waals surface area contributed by atoms with Gasteiger partial charge >= 0.3 is 0 Å². The zero-order chi connectivity index (χ0) is 33.0. The van der Waals surface area contributed by atoms with Gasteiger partial charge in [-0.05, 0) is 44.0 Å². The number of rotatable bonds is 37. The highest BCUT2D eigenvalue weighted by Gasteiger charge is 2.05. The number of hydrogen-bond donors (Lipinski definition) is 0. The molecule has 0 unspecified atom stereocenters. The lowest BCUT2D eigenvalue weighted by Gasteiger charge is -2.23. The van der Waals surface area contributed by atoms with Gasteiger partial charge in [-0.3, -0.25) is 0 Å². The molecule has 0 aliphatic carbocycles. The van der Waals surface area contributed by atoms with Crippen LogP contribution in [0.15, 0.2) is 24.3 Å². The third-order valence-corrected chi connectivity index (χ3v) is 10.1. The van der Waals surface area contributed by atoms with Gasteiger partial charge in [0.05, 0.1) is 6.61 Å². The van der Waals surface area contributed by atoms with Crippen molar-refractivity contribution in [1.29, 1.82) is 0 Å². The van der Waals surface area contributed by atoms with Crippen molar-refractivity contribution in [1.82, 2.24) is 0 Å². The first-order chi connectivity index (χ1) is 22.8. The minimum atomic E-state index is 0.856. The van der Waals surface area contributed by atoms with Gasteiger partial charge in [0.25, 0.3) is 0 Å². The molecule has 0 N–H and O–H groups in total. The van der Waals surface area contributed by atoms with Crippen LogP contribution in [-0.2, 0) is 0 Å². The topological polar surface area (TPSA) is 12.5 Å². The molecule has 46 heavy (non-hydrogen) atoms. The second-order valence-electron chi connectivity index (χ2n) is 14.5. The number of benzene rings is 1. The van der Waals surface area contributed by atoms with Crippen LogP contribution in [0.4, 0.5) is 5.69 Å². The SMILES string of the molecule is CCCCCCCCCCCCCCCCCCOc1ccc(N(CC)CCCCCCCCCCCCCCCCCC)cc1. The van der Waals surface area contributed by atoms with E-state index in [9.17, 15) is 0 Å². The molecule has 0 aromatic heterocycles. The summed E-state index contributed by atoms with van der Waals surface area (Å²) in [6.07, 6.45) is 45.5. The molecule has 0 atom stereocenters. The van der Waals surface area contributed by atoms with Crippen LogP contribution in [0, 0.1) is 0 Å². The molecule has 0 aliphatic heterocycles. The number of ether oxygens (including phenoxy) is 1. The summed E-state index contributed by atoms with van der Waals surface area (Å²) in [5, 5.41) is 0. The lowest BCUT2D eigenvalue weighted by atomic mass is 10.0. The van der Waals surface area contributed by atoms with Crippen molar-refractivity contribution >= 4 is 5.69 Å². The third kappa shape index (κ3) is 27.9. The van der Waals surface area contributed by atoms with Crippen molar-refractivity contribution in [3.05, 3.63) is 24.3 Å². The Morgan fingerprint density at radius 2 is 0.674 bits per heavy atom. The molecule has 0 spiro atoms. The molecule has 1 aromatic carbocycles. The molecule has 0 bridgehead atoms. The van der Waals surface area contributed by atoms with E-state index in [0.717, 1.165) is 18.9 Å². The van der Waals surface area contributed by atoms with Gasteiger partial charge in [-0.25, -0.2) is 0 Å². The predicted molar refractivity (Wildman–Crippen MR) is 209 cm³/mol. The fraction of sp³-hybridized carbons (Fsp3) is 0.864. The van der Waals surface area contributed by atoms with E-state index in [2.05, 4.69) is 49.9 Å². The fourth-order valence-corrected chi connectivity index (χ4v) is 6.91. The normalized spacial score (nSPS) is 11.4. The molecule has 270 valence electrons. The molecular formula is C44H83NO. The molecule has 1 aromatic rings. The Kier molecular flexibility index (Phi) is 32.7. The number of hydrogen-bond acceptors (Lipinski definition) is 2. The molecular weight excluding hydrogens is 558 g/mol. The summed E-state index contributed by atoms with van der Waals surface area (Å²) in [5.74, 6) is 1.03. The summed E-state index contributed by atoms with van der Waals surface area (Å²) in [7, 11) is 0. The summed E-state index contributed by atoms with van der Waals surface area (Å²) in [6.45, 7) is 10.0. The highest BCUT2D eigenvalue weighted by molar-refractivity contribution is 5.48. The minimum absolute atomic E-state index is 0.856. The molecule has 0 radical (unpaired) electrons.